The fourth-order valence-electron chi connectivity index (χ4n) is 3.38. The number of nitrogens with zero attached hydrogens (tertiary/aromatic N) is 1. The normalized spacial score (nSPS) is 12.8. The summed E-state index contributed by atoms with van der Waals surface area (Å²) in [6.45, 7) is 18.6. The zero-order valence-corrected chi connectivity index (χ0v) is 21.4. The van der Waals surface area contributed by atoms with E-state index in [-0.39, 0.29) is 24.4 Å². The van der Waals surface area contributed by atoms with E-state index in [0.29, 0.717) is 6.42 Å². The van der Waals surface area contributed by atoms with E-state index in [2.05, 4.69) is 10.6 Å². The third-order valence-electron chi connectivity index (χ3n) is 5.45. The number of hydrogen-bond acceptors (Lipinski definition) is 4. The molecule has 7 nitrogen and oxygen atoms in total. The Morgan fingerprint density at radius 2 is 1.66 bits per heavy atom. The molecule has 0 heterocycles. The Morgan fingerprint density at radius 1 is 1.06 bits per heavy atom. The highest BCUT2D eigenvalue weighted by Crippen LogP contribution is 2.33. The van der Waals surface area contributed by atoms with Crippen LogP contribution in [0.25, 0.3) is 0 Å². The van der Waals surface area contributed by atoms with Crippen molar-refractivity contribution < 1.29 is 19.1 Å². The standard InChI is InChI=1S/C25H41N3O4/c1-11-25(9,10)28(20(29)15-26-23(31)32-24(6,7)8)21(22(30)27-16(2)3)19-14-12-13-17(4)18(19)5/h12-14,16,21H,11,15H2,1-10H3,(H,26,31)(H,27,30). The van der Waals surface area contributed by atoms with Crippen molar-refractivity contribution in [3.05, 3.63) is 34.9 Å². The quantitative estimate of drug-likeness (QED) is 0.618. The van der Waals surface area contributed by atoms with Gasteiger partial charge in [-0.25, -0.2) is 4.79 Å². The summed E-state index contributed by atoms with van der Waals surface area (Å²) in [5.41, 5.74) is 1.46. The van der Waals surface area contributed by atoms with E-state index in [4.69, 9.17) is 4.74 Å². The van der Waals surface area contributed by atoms with Crippen LogP contribution < -0.4 is 10.6 Å². The van der Waals surface area contributed by atoms with Crippen molar-refractivity contribution in [3.8, 4) is 0 Å². The van der Waals surface area contributed by atoms with E-state index >= 15 is 0 Å². The highest BCUT2D eigenvalue weighted by molar-refractivity contribution is 5.91. The maximum atomic E-state index is 13.5. The molecule has 0 saturated carbocycles. The molecule has 32 heavy (non-hydrogen) atoms. The fourth-order valence-corrected chi connectivity index (χ4v) is 3.38. The van der Waals surface area contributed by atoms with Crippen molar-refractivity contribution in [1.29, 1.82) is 0 Å². The number of alkyl carbamates (subject to hydrolysis) is 1. The Balaban J connectivity index is 3.44. The van der Waals surface area contributed by atoms with Crippen LogP contribution in [-0.4, -0.2) is 46.5 Å². The lowest BCUT2D eigenvalue weighted by Crippen LogP contribution is -2.56. The second-order valence-corrected chi connectivity index (χ2v) is 10.1. The highest BCUT2D eigenvalue weighted by atomic mass is 16.6. The number of amides is 3. The molecule has 0 spiro atoms. The molecule has 0 aromatic heterocycles. The van der Waals surface area contributed by atoms with Gasteiger partial charge in [0, 0.05) is 11.6 Å². The first kappa shape index (κ1) is 27.5. The molecule has 0 aliphatic rings. The van der Waals surface area contributed by atoms with Crippen LogP contribution in [0.4, 0.5) is 4.79 Å². The third kappa shape index (κ3) is 7.53. The highest BCUT2D eigenvalue weighted by Gasteiger charge is 2.40. The van der Waals surface area contributed by atoms with E-state index in [0.717, 1.165) is 16.7 Å². The van der Waals surface area contributed by atoms with Gasteiger partial charge in [-0.3, -0.25) is 9.59 Å². The second-order valence-electron chi connectivity index (χ2n) is 10.1. The van der Waals surface area contributed by atoms with Gasteiger partial charge in [0.1, 0.15) is 18.2 Å². The number of hydrogen-bond donors (Lipinski definition) is 2. The summed E-state index contributed by atoms with van der Waals surface area (Å²) in [6.07, 6.45) is -0.0448. The van der Waals surface area contributed by atoms with E-state index < -0.39 is 23.3 Å². The molecule has 180 valence electrons. The predicted molar refractivity (Wildman–Crippen MR) is 127 cm³/mol. The Hall–Kier alpha value is -2.57. The molecule has 7 heteroatoms. The molecule has 0 aliphatic heterocycles. The summed E-state index contributed by atoms with van der Waals surface area (Å²) in [5.74, 6) is -0.603. The SMILES string of the molecule is CCC(C)(C)N(C(=O)CNC(=O)OC(C)(C)C)C(C(=O)NC(C)C)c1cccc(C)c1C. The first-order valence-corrected chi connectivity index (χ1v) is 11.3. The van der Waals surface area contributed by atoms with Crippen LogP contribution in [-0.2, 0) is 14.3 Å². The molecular formula is C25H41N3O4. The lowest BCUT2D eigenvalue weighted by molar-refractivity contribution is -0.147. The smallest absolute Gasteiger partial charge is 0.408 e. The van der Waals surface area contributed by atoms with Crippen LogP contribution in [0.15, 0.2) is 18.2 Å². The molecule has 3 amide bonds. The lowest BCUT2D eigenvalue weighted by atomic mass is 9.90. The van der Waals surface area contributed by atoms with Crippen LogP contribution in [0.5, 0.6) is 0 Å². The Bertz CT molecular complexity index is 825. The number of aryl methyl sites for hydroxylation is 1. The Morgan fingerprint density at radius 3 is 2.16 bits per heavy atom. The minimum atomic E-state index is -0.833. The zero-order valence-electron chi connectivity index (χ0n) is 21.4. The van der Waals surface area contributed by atoms with E-state index in [1.807, 2.05) is 66.7 Å². The minimum Gasteiger partial charge on any atom is -0.444 e. The second kappa shape index (κ2) is 10.8. The molecule has 1 rings (SSSR count). The number of rotatable bonds is 8. The molecule has 1 aromatic carbocycles. The number of nitrogens with one attached hydrogen (secondary N) is 2. The lowest BCUT2D eigenvalue weighted by Gasteiger charge is -2.43. The Kier molecular flexibility index (Phi) is 9.30. The molecule has 0 bridgehead atoms. The van der Waals surface area contributed by atoms with Crippen LogP contribution >= 0.6 is 0 Å². The van der Waals surface area contributed by atoms with Gasteiger partial charge in [0.15, 0.2) is 0 Å². The summed E-state index contributed by atoms with van der Waals surface area (Å²) < 4.78 is 5.26. The van der Waals surface area contributed by atoms with Gasteiger partial charge in [-0.2, -0.15) is 0 Å². The number of carbonyl (C=O) groups is 3. The van der Waals surface area contributed by atoms with Gasteiger partial charge in [0.05, 0.1) is 0 Å². The van der Waals surface area contributed by atoms with E-state index in [1.165, 1.54) is 0 Å². The maximum absolute atomic E-state index is 13.5. The van der Waals surface area contributed by atoms with Crippen molar-refractivity contribution in [2.45, 2.75) is 98.9 Å². The first-order chi connectivity index (χ1) is 14.6. The molecule has 0 radical (unpaired) electrons. The van der Waals surface area contributed by atoms with Gasteiger partial charge < -0.3 is 20.3 Å². The van der Waals surface area contributed by atoms with Crippen molar-refractivity contribution in [2.75, 3.05) is 6.54 Å². The van der Waals surface area contributed by atoms with Crippen LogP contribution in [0.1, 0.15) is 84.5 Å². The monoisotopic (exact) mass is 447 g/mol. The largest absolute Gasteiger partial charge is 0.444 e. The van der Waals surface area contributed by atoms with Gasteiger partial charge >= 0.3 is 6.09 Å². The topological polar surface area (TPSA) is 87.7 Å². The number of ether oxygens (including phenoxy) is 1. The van der Waals surface area contributed by atoms with Gasteiger partial charge in [0.25, 0.3) is 0 Å². The summed E-state index contributed by atoms with van der Waals surface area (Å²) >= 11 is 0. The van der Waals surface area contributed by atoms with Crippen molar-refractivity contribution in [2.24, 2.45) is 0 Å². The van der Waals surface area contributed by atoms with Gasteiger partial charge in [-0.15, -0.1) is 0 Å². The van der Waals surface area contributed by atoms with Gasteiger partial charge in [0.2, 0.25) is 11.8 Å². The van der Waals surface area contributed by atoms with Crippen molar-refractivity contribution >= 4 is 17.9 Å². The molecule has 0 aliphatic carbocycles. The van der Waals surface area contributed by atoms with Crippen LogP contribution in [0.2, 0.25) is 0 Å². The minimum absolute atomic E-state index is 0.0864. The summed E-state index contributed by atoms with van der Waals surface area (Å²) in [6, 6.07) is 4.85. The number of benzene rings is 1. The molecular weight excluding hydrogens is 406 g/mol. The zero-order chi connectivity index (χ0) is 24.9. The predicted octanol–water partition coefficient (Wildman–Crippen LogP) is 4.41. The van der Waals surface area contributed by atoms with Crippen LogP contribution in [0, 0.1) is 13.8 Å². The average Bonchev–Trinajstić information content (AvgIpc) is 2.64. The third-order valence-corrected chi connectivity index (χ3v) is 5.45. The summed E-state index contributed by atoms with van der Waals surface area (Å²) in [7, 11) is 0. The first-order valence-electron chi connectivity index (χ1n) is 11.3. The molecule has 1 unspecified atom stereocenters. The van der Waals surface area contributed by atoms with Gasteiger partial charge in [-0.05, 0) is 85.4 Å². The summed E-state index contributed by atoms with van der Waals surface area (Å²) in [5, 5.41) is 5.51. The molecule has 0 fully saturated rings. The van der Waals surface area contributed by atoms with Crippen LogP contribution in [0.3, 0.4) is 0 Å². The summed E-state index contributed by atoms with van der Waals surface area (Å²) in [4.78, 5) is 40.7. The Labute approximate surface area is 193 Å². The van der Waals surface area contributed by atoms with E-state index in [1.54, 1.807) is 25.7 Å². The average molecular weight is 448 g/mol. The molecule has 1 atom stereocenters. The van der Waals surface area contributed by atoms with Crippen molar-refractivity contribution in [3.63, 3.8) is 0 Å². The van der Waals surface area contributed by atoms with E-state index in [9.17, 15) is 14.4 Å². The molecule has 2 N–H and O–H groups in total. The van der Waals surface area contributed by atoms with Gasteiger partial charge in [-0.1, -0.05) is 25.1 Å². The number of carbonyl (C=O) groups excluding carboxylic acids is 3. The molecule has 1 aromatic rings. The van der Waals surface area contributed by atoms with Crippen molar-refractivity contribution in [1.82, 2.24) is 15.5 Å². The maximum Gasteiger partial charge on any atom is 0.408 e. The fraction of sp³-hybridized carbons (Fsp3) is 0.640. The molecule has 0 saturated heterocycles.